The van der Waals surface area contributed by atoms with E-state index in [-0.39, 0.29) is 17.8 Å². The summed E-state index contributed by atoms with van der Waals surface area (Å²) in [4.78, 5) is 14.8. The average Bonchev–Trinajstić information content (AvgIpc) is 2.68. The molecule has 0 radical (unpaired) electrons. The number of hydrogen-bond donors (Lipinski definition) is 1. The largest absolute Gasteiger partial charge is 0.496 e. The molecule has 5 nitrogen and oxygen atoms in total. The molecule has 3 rings (SSSR count). The van der Waals surface area contributed by atoms with Crippen LogP contribution < -0.4 is 19.7 Å². The van der Waals surface area contributed by atoms with E-state index >= 15 is 0 Å². The van der Waals surface area contributed by atoms with Gasteiger partial charge in [0.25, 0.3) is 5.91 Å². The van der Waals surface area contributed by atoms with Gasteiger partial charge in [0.1, 0.15) is 17.3 Å². The van der Waals surface area contributed by atoms with Crippen LogP contribution >= 0.6 is 0 Å². The Labute approximate surface area is 159 Å². The zero-order valence-electron chi connectivity index (χ0n) is 15.9. The topological polar surface area (TPSA) is 50.8 Å². The van der Waals surface area contributed by atoms with Gasteiger partial charge in [-0.05, 0) is 50.1 Å². The fourth-order valence-corrected chi connectivity index (χ4v) is 3.44. The minimum atomic E-state index is -0.231. The van der Waals surface area contributed by atoms with Crippen LogP contribution in [-0.2, 0) is 0 Å². The van der Waals surface area contributed by atoms with Gasteiger partial charge in [-0.1, -0.05) is 6.07 Å². The zero-order valence-corrected chi connectivity index (χ0v) is 15.9. The van der Waals surface area contributed by atoms with Gasteiger partial charge in [0.05, 0.1) is 14.2 Å². The van der Waals surface area contributed by atoms with Crippen molar-refractivity contribution in [2.45, 2.75) is 25.8 Å². The Balaban J connectivity index is 1.63. The quantitative estimate of drug-likeness (QED) is 0.872. The lowest BCUT2D eigenvalue weighted by Gasteiger charge is -2.34. The van der Waals surface area contributed by atoms with Gasteiger partial charge in [-0.25, -0.2) is 4.39 Å². The van der Waals surface area contributed by atoms with Gasteiger partial charge in [0.2, 0.25) is 0 Å². The summed E-state index contributed by atoms with van der Waals surface area (Å²) in [5.41, 5.74) is 2.26. The highest BCUT2D eigenvalue weighted by atomic mass is 19.1. The highest BCUT2D eigenvalue weighted by Gasteiger charge is 2.22. The maximum atomic E-state index is 13.4. The lowest BCUT2D eigenvalue weighted by molar-refractivity contribution is 0.0930. The number of rotatable bonds is 5. The van der Waals surface area contributed by atoms with Gasteiger partial charge < -0.3 is 19.7 Å². The molecule has 0 saturated carbocycles. The molecule has 27 heavy (non-hydrogen) atoms. The summed E-state index contributed by atoms with van der Waals surface area (Å²) in [6.45, 7) is 3.44. The minimum absolute atomic E-state index is 0.0839. The molecule has 1 saturated heterocycles. The fourth-order valence-electron chi connectivity index (χ4n) is 3.44. The SMILES string of the molecule is COc1cc(C(=O)NC2CCN(c3cccc(F)c3)CC2)cc(OC)c1C. The van der Waals surface area contributed by atoms with E-state index in [2.05, 4.69) is 10.2 Å². The van der Waals surface area contributed by atoms with Crippen molar-refractivity contribution in [3.05, 3.63) is 53.3 Å². The van der Waals surface area contributed by atoms with E-state index in [0.717, 1.165) is 37.2 Å². The van der Waals surface area contributed by atoms with E-state index in [1.165, 1.54) is 6.07 Å². The molecule has 0 aliphatic carbocycles. The molecule has 0 atom stereocenters. The number of amides is 1. The van der Waals surface area contributed by atoms with E-state index in [4.69, 9.17) is 9.47 Å². The molecule has 0 spiro atoms. The lowest BCUT2D eigenvalue weighted by atomic mass is 10.0. The van der Waals surface area contributed by atoms with E-state index < -0.39 is 0 Å². The van der Waals surface area contributed by atoms with Crippen molar-refractivity contribution in [3.8, 4) is 11.5 Å². The second-order valence-corrected chi connectivity index (χ2v) is 6.72. The predicted molar refractivity (Wildman–Crippen MR) is 103 cm³/mol. The maximum Gasteiger partial charge on any atom is 0.251 e. The Morgan fingerprint density at radius 2 is 1.74 bits per heavy atom. The molecule has 0 unspecified atom stereocenters. The van der Waals surface area contributed by atoms with Crippen molar-refractivity contribution in [1.82, 2.24) is 5.32 Å². The number of ether oxygens (including phenoxy) is 2. The van der Waals surface area contributed by atoms with Gasteiger partial charge in [0.15, 0.2) is 0 Å². The summed E-state index contributed by atoms with van der Waals surface area (Å²) in [5, 5.41) is 3.09. The van der Waals surface area contributed by atoms with E-state index in [0.29, 0.717) is 17.1 Å². The average molecular weight is 372 g/mol. The van der Waals surface area contributed by atoms with Gasteiger partial charge >= 0.3 is 0 Å². The van der Waals surface area contributed by atoms with Crippen LogP contribution in [-0.4, -0.2) is 39.3 Å². The highest BCUT2D eigenvalue weighted by molar-refractivity contribution is 5.95. The first-order valence-electron chi connectivity index (χ1n) is 9.06. The first-order chi connectivity index (χ1) is 13.0. The molecule has 0 bridgehead atoms. The fraction of sp³-hybridized carbons (Fsp3) is 0.381. The van der Waals surface area contributed by atoms with E-state index in [1.807, 2.05) is 13.0 Å². The van der Waals surface area contributed by atoms with Crippen molar-refractivity contribution in [2.75, 3.05) is 32.2 Å². The first kappa shape index (κ1) is 19.0. The summed E-state index contributed by atoms with van der Waals surface area (Å²) in [5.74, 6) is 0.877. The molecule has 2 aromatic carbocycles. The third-order valence-electron chi connectivity index (χ3n) is 5.02. The van der Waals surface area contributed by atoms with Crippen molar-refractivity contribution >= 4 is 11.6 Å². The molecule has 2 aromatic rings. The number of methoxy groups -OCH3 is 2. The number of nitrogens with zero attached hydrogens (tertiary/aromatic N) is 1. The second-order valence-electron chi connectivity index (χ2n) is 6.72. The number of carbonyl (C=O) groups excluding carboxylic acids is 1. The number of anilines is 1. The van der Waals surface area contributed by atoms with Gasteiger partial charge in [-0.2, -0.15) is 0 Å². The summed E-state index contributed by atoms with van der Waals surface area (Å²) < 4.78 is 24.1. The van der Waals surface area contributed by atoms with Crippen molar-refractivity contribution in [2.24, 2.45) is 0 Å². The molecule has 1 aliphatic rings. The van der Waals surface area contributed by atoms with Gasteiger partial charge in [-0.3, -0.25) is 4.79 Å². The molecule has 144 valence electrons. The highest BCUT2D eigenvalue weighted by Crippen LogP contribution is 2.29. The second kappa shape index (κ2) is 8.29. The van der Waals surface area contributed by atoms with E-state index in [9.17, 15) is 9.18 Å². The van der Waals surface area contributed by atoms with Crippen molar-refractivity contribution < 1.29 is 18.7 Å². The smallest absolute Gasteiger partial charge is 0.251 e. The molecular weight excluding hydrogens is 347 g/mol. The maximum absolute atomic E-state index is 13.4. The Hall–Kier alpha value is -2.76. The Kier molecular flexibility index (Phi) is 5.84. The molecule has 0 aromatic heterocycles. The Bertz CT molecular complexity index is 792. The van der Waals surface area contributed by atoms with Gasteiger partial charge in [0, 0.05) is 35.9 Å². The monoisotopic (exact) mass is 372 g/mol. The predicted octanol–water partition coefficient (Wildman–Crippen LogP) is 3.55. The lowest BCUT2D eigenvalue weighted by Crippen LogP contribution is -2.44. The molecule has 1 heterocycles. The third-order valence-corrected chi connectivity index (χ3v) is 5.02. The summed E-state index contributed by atoms with van der Waals surface area (Å²) >= 11 is 0. The molecule has 1 amide bonds. The number of piperidine rings is 1. The number of halogens is 1. The van der Waals surface area contributed by atoms with Crippen LogP contribution in [0.25, 0.3) is 0 Å². The standard InChI is InChI=1S/C21H25FN2O3/c1-14-19(26-2)11-15(12-20(14)27-3)21(25)23-17-7-9-24(10-8-17)18-6-4-5-16(22)13-18/h4-6,11-13,17H,7-10H2,1-3H3,(H,23,25). The summed E-state index contributed by atoms with van der Waals surface area (Å²) in [7, 11) is 3.15. The van der Waals surface area contributed by atoms with E-state index in [1.54, 1.807) is 38.5 Å². The van der Waals surface area contributed by atoms with Crippen LogP contribution in [0.15, 0.2) is 36.4 Å². The van der Waals surface area contributed by atoms with Crippen LogP contribution in [0.1, 0.15) is 28.8 Å². The number of carbonyl (C=O) groups is 1. The summed E-state index contributed by atoms with van der Waals surface area (Å²) in [6, 6.07) is 10.2. The van der Waals surface area contributed by atoms with Crippen LogP contribution in [0.5, 0.6) is 11.5 Å². The van der Waals surface area contributed by atoms with Crippen molar-refractivity contribution in [3.63, 3.8) is 0 Å². The number of hydrogen-bond acceptors (Lipinski definition) is 4. The Morgan fingerprint density at radius 1 is 1.11 bits per heavy atom. The van der Waals surface area contributed by atoms with Crippen LogP contribution in [0.4, 0.5) is 10.1 Å². The van der Waals surface area contributed by atoms with Crippen LogP contribution in [0.3, 0.4) is 0 Å². The van der Waals surface area contributed by atoms with Crippen molar-refractivity contribution in [1.29, 1.82) is 0 Å². The number of benzene rings is 2. The van der Waals surface area contributed by atoms with Crippen LogP contribution in [0.2, 0.25) is 0 Å². The number of nitrogens with one attached hydrogen (secondary N) is 1. The summed E-state index contributed by atoms with van der Waals surface area (Å²) in [6.07, 6.45) is 1.62. The molecular formula is C21H25FN2O3. The molecule has 1 N–H and O–H groups in total. The minimum Gasteiger partial charge on any atom is -0.496 e. The third kappa shape index (κ3) is 4.32. The first-order valence-corrected chi connectivity index (χ1v) is 9.06. The zero-order chi connectivity index (χ0) is 19.4. The van der Waals surface area contributed by atoms with Crippen LogP contribution in [0, 0.1) is 12.7 Å². The molecule has 6 heteroatoms. The molecule has 1 fully saturated rings. The van der Waals surface area contributed by atoms with Gasteiger partial charge in [-0.15, -0.1) is 0 Å². The normalized spacial score (nSPS) is 14.7. The molecule has 1 aliphatic heterocycles. The Morgan fingerprint density at radius 3 is 2.30 bits per heavy atom.